The Morgan fingerprint density at radius 3 is 2.36 bits per heavy atom. The highest BCUT2D eigenvalue weighted by atomic mass is 35.5. The van der Waals surface area contributed by atoms with Gasteiger partial charge >= 0.3 is 11.4 Å². The second-order valence-corrected chi connectivity index (χ2v) is 5.42. The summed E-state index contributed by atoms with van der Waals surface area (Å²) in [7, 11) is 0. The van der Waals surface area contributed by atoms with Gasteiger partial charge < -0.3 is 4.52 Å². The molecule has 3 rings (SSSR count). The summed E-state index contributed by atoms with van der Waals surface area (Å²) in [4.78, 5) is 24.3. The lowest BCUT2D eigenvalue weighted by atomic mass is 10.2. The van der Waals surface area contributed by atoms with E-state index < -0.39 is 11.4 Å². The molecule has 0 unspecified atom stereocenters. The minimum Gasteiger partial charge on any atom is -0.312 e. The van der Waals surface area contributed by atoms with Gasteiger partial charge in [-0.1, -0.05) is 53.5 Å². The van der Waals surface area contributed by atoms with Crippen LogP contribution in [0.1, 0.15) is 5.56 Å². The average molecular weight is 337 g/mol. The van der Waals surface area contributed by atoms with Gasteiger partial charge in [0.1, 0.15) is 0 Å². The number of benzene rings is 2. The first-order chi connectivity index (χ1) is 10.6. The quantitative estimate of drug-likeness (QED) is 0.738. The van der Waals surface area contributed by atoms with E-state index in [9.17, 15) is 9.59 Å². The van der Waals surface area contributed by atoms with Gasteiger partial charge in [-0.15, -0.1) is 4.74 Å². The van der Waals surface area contributed by atoms with Crippen LogP contribution < -0.4 is 11.4 Å². The molecule has 0 aliphatic rings. The molecule has 3 aromatic rings. The first kappa shape index (κ1) is 14.7. The molecule has 0 saturated carbocycles. The van der Waals surface area contributed by atoms with Gasteiger partial charge in [-0.25, -0.2) is 14.2 Å². The van der Waals surface area contributed by atoms with E-state index in [4.69, 9.17) is 27.7 Å². The van der Waals surface area contributed by atoms with Crippen molar-refractivity contribution in [3.05, 3.63) is 85.2 Å². The Morgan fingerprint density at radius 2 is 1.68 bits per heavy atom. The van der Waals surface area contributed by atoms with Crippen LogP contribution in [0.4, 0.5) is 0 Å². The standard InChI is InChI=1S/C15H10Cl2N2O3/c16-12-7-6-11(8-13(12)17)19-14(20)18(15(21)22-19)9-10-4-2-1-3-5-10/h1-8H,9H2. The van der Waals surface area contributed by atoms with Gasteiger partial charge in [0.05, 0.1) is 22.3 Å². The summed E-state index contributed by atoms with van der Waals surface area (Å²) in [5.74, 6) is -0.736. The van der Waals surface area contributed by atoms with E-state index in [1.165, 1.54) is 12.1 Å². The van der Waals surface area contributed by atoms with E-state index in [2.05, 4.69) is 0 Å². The van der Waals surface area contributed by atoms with Crippen LogP contribution in [0.15, 0.2) is 62.6 Å². The van der Waals surface area contributed by atoms with Gasteiger partial charge in [0, 0.05) is 0 Å². The van der Waals surface area contributed by atoms with E-state index in [1.54, 1.807) is 6.07 Å². The monoisotopic (exact) mass is 336 g/mol. The van der Waals surface area contributed by atoms with E-state index in [0.29, 0.717) is 10.7 Å². The summed E-state index contributed by atoms with van der Waals surface area (Å²) in [5.41, 5.74) is 0.583. The zero-order chi connectivity index (χ0) is 15.7. The topological polar surface area (TPSA) is 57.1 Å². The number of halogens is 2. The third kappa shape index (κ3) is 2.73. The molecule has 5 nitrogen and oxygen atoms in total. The summed E-state index contributed by atoms with van der Waals surface area (Å²) in [5, 5.41) is 0.619. The summed E-state index contributed by atoms with van der Waals surface area (Å²) in [6.07, 6.45) is 0. The van der Waals surface area contributed by atoms with Gasteiger partial charge in [-0.05, 0) is 23.8 Å². The zero-order valence-corrected chi connectivity index (χ0v) is 12.7. The normalized spacial score (nSPS) is 10.8. The second-order valence-electron chi connectivity index (χ2n) is 4.60. The van der Waals surface area contributed by atoms with Crippen molar-refractivity contribution in [1.29, 1.82) is 0 Å². The van der Waals surface area contributed by atoms with Crippen molar-refractivity contribution in [1.82, 2.24) is 9.31 Å². The Morgan fingerprint density at radius 1 is 0.955 bits per heavy atom. The van der Waals surface area contributed by atoms with Crippen molar-refractivity contribution in [2.24, 2.45) is 0 Å². The van der Waals surface area contributed by atoms with E-state index in [1.807, 2.05) is 30.3 Å². The molecule has 2 aromatic carbocycles. The predicted octanol–water partition coefficient (Wildman–Crippen LogP) is 2.95. The SMILES string of the molecule is O=c1on(-c2ccc(Cl)c(Cl)c2)c(=O)n1Cc1ccccc1. The summed E-state index contributed by atoms with van der Waals surface area (Å²) >= 11 is 11.8. The molecule has 22 heavy (non-hydrogen) atoms. The molecule has 1 heterocycles. The van der Waals surface area contributed by atoms with Gasteiger partial charge in [0.2, 0.25) is 0 Å². The Bertz CT molecular complexity index is 926. The predicted molar refractivity (Wildman–Crippen MR) is 84.1 cm³/mol. The molecule has 112 valence electrons. The van der Waals surface area contributed by atoms with E-state index >= 15 is 0 Å². The Kier molecular flexibility index (Phi) is 3.92. The summed E-state index contributed by atoms with van der Waals surface area (Å²) < 4.78 is 6.92. The summed E-state index contributed by atoms with van der Waals surface area (Å²) in [6, 6.07) is 13.7. The second kappa shape index (κ2) is 5.87. The van der Waals surface area contributed by atoms with Crippen LogP contribution in [0.25, 0.3) is 5.69 Å². The maximum Gasteiger partial charge on any atom is 0.443 e. The Balaban J connectivity index is 2.05. The number of nitrogens with zero attached hydrogens (tertiary/aromatic N) is 2. The smallest absolute Gasteiger partial charge is 0.312 e. The van der Waals surface area contributed by atoms with E-state index in [0.717, 1.165) is 14.9 Å². The van der Waals surface area contributed by atoms with Crippen molar-refractivity contribution in [2.75, 3.05) is 0 Å². The lowest BCUT2D eigenvalue weighted by Crippen LogP contribution is -2.28. The third-order valence-corrected chi connectivity index (χ3v) is 3.85. The number of hydrogen-bond acceptors (Lipinski definition) is 3. The van der Waals surface area contributed by atoms with Crippen LogP contribution >= 0.6 is 23.2 Å². The minimum atomic E-state index is -0.736. The highest BCUT2D eigenvalue weighted by Crippen LogP contribution is 2.23. The fourth-order valence-corrected chi connectivity index (χ4v) is 2.32. The third-order valence-electron chi connectivity index (χ3n) is 3.12. The number of rotatable bonds is 3. The lowest BCUT2D eigenvalue weighted by molar-refractivity contribution is 0.311. The van der Waals surface area contributed by atoms with Crippen molar-refractivity contribution >= 4 is 23.2 Å². The van der Waals surface area contributed by atoms with Crippen LogP contribution in [0, 0.1) is 0 Å². The molecule has 1 aromatic heterocycles. The van der Waals surface area contributed by atoms with Crippen LogP contribution in [0.2, 0.25) is 10.0 Å². The highest BCUT2D eigenvalue weighted by Gasteiger charge is 2.14. The summed E-state index contributed by atoms with van der Waals surface area (Å²) in [6.45, 7) is 0.135. The van der Waals surface area contributed by atoms with Gasteiger partial charge in [-0.2, -0.15) is 0 Å². The maximum atomic E-state index is 12.3. The largest absolute Gasteiger partial charge is 0.443 e. The van der Waals surface area contributed by atoms with Crippen LogP contribution in [-0.2, 0) is 6.54 Å². The highest BCUT2D eigenvalue weighted by molar-refractivity contribution is 6.42. The van der Waals surface area contributed by atoms with Crippen molar-refractivity contribution < 1.29 is 4.52 Å². The van der Waals surface area contributed by atoms with Crippen molar-refractivity contribution in [3.8, 4) is 5.69 Å². The maximum absolute atomic E-state index is 12.3. The molecular weight excluding hydrogens is 327 g/mol. The fourth-order valence-electron chi connectivity index (χ4n) is 2.03. The molecule has 0 fully saturated rings. The molecular formula is C15H10Cl2N2O3. The first-order valence-electron chi connectivity index (χ1n) is 6.39. The van der Waals surface area contributed by atoms with Crippen LogP contribution in [0.5, 0.6) is 0 Å². The Hall–Kier alpha value is -2.24. The van der Waals surface area contributed by atoms with Gasteiger partial charge in [0.25, 0.3) is 0 Å². The molecule has 7 heteroatoms. The molecule has 0 aliphatic carbocycles. The first-order valence-corrected chi connectivity index (χ1v) is 7.14. The van der Waals surface area contributed by atoms with Gasteiger partial charge in [0.15, 0.2) is 0 Å². The molecule has 0 N–H and O–H groups in total. The fraction of sp³-hybridized carbons (Fsp3) is 0.0667. The number of aromatic nitrogens is 2. The molecule has 0 saturated heterocycles. The molecule has 0 radical (unpaired) electrons. The molecule has 0 atom stereocenters. The molecule has 0 aliphatic heterocycles. The lowest BCUT2D eigenvalue weighted by Gasteiger charge is -2.01. The van der Waals surface area contributed by atoms with Crippen LogP contribution in [0.3, 0.4) is 0 Å². The molecule has 0 spiro atoms. The van der Waals surface area contributed by atoms with E-state index in [-0.39, 0.29) is 11.6 Å². The van der Waals surface area contributed by atoms with Crippen LogP contribution in [-0.4, -0.2) is 9.31 Å². The minimum absolute atomic E-state index is 0.135. The molecule has 0 bridgehead atoms. The average Bonchev–Trinajstić information content (AvgIpc) is 2.79. The number of hydrogen-bond donors (Lipinski definition) is 0. The molecule has 0 amide bonds. The van der Waals surface area contributed by atoms with Gasteiger partial charge in [-0.3, -0.25) is 0 Å². The van der Waals surface area contributed by atoms with Crippen molar-refractivity contribution in [3.63, 3.8) is 0 Å². The van der Waals surface area contributed by atoms with Crippen molar-refractivity contribution in [2.45, 2.75) is 6.54 Å². The Labute approximate surface area is 134 Å². The zero-order valence-electron chi connectivity index (χ0n) is 11.2.